The minimum Gasteiger partial charge on any atom is -0.365 e. The van der Waals surface area contributed by atoms with Crippen LogP contribution >= 0.6 is 0 Å². The van der Waals surface area contributed by atoms with E-state index in [4.69, 9.17) is 4.74 Å². The highest BCUT2D eigenvalue weighted by molar-refractivity contribution is 6.10. The molecule has 200 valence electrons. The van der Waals surface area contributed by atoms with Crippen LogP contribution in [0.4, 0.5) is 0 Å². The Hall–Kier alpha value is -2.99. The number of amides is 1. The molecule has 0 bridgehead atoms. The van der Waals surface area contributed by atoms with Gasteiger partial charge in [0.15, 0.2) is 0 Å². The number of para-hydroxylation sites is 1. The molecule has 1 amide bonds. The number of ketones is 2. The molecule has 38 heavy (non-hydrogen) atoms. The minimum absolute atomic E-state index is 0.00414. The standard InChI is InChI=1S/C32H38N2O4/c1-18-8-7-10-24-29-31(4,38-29)20(3)28-26(16-21-17-33-25-11-6-5-9-23(21)25)34-30(37)32(24,28)27(36)13-12-22(35)15-19(2)14-18/h5-7,9-11,14,17-18,20,24,26,28-29,33H,8,12-13,15-16H2,1-4H3,(H,34,37)/t18-,20-,24-,26-,28-,29-,31+,32+/m0/s1. The second kappa shape index (κ2) is 9.04. The zero-order valence-corrected chi connectivity index (χ0v) is 22.8. The van der Waals surface area contributed by atoms with Gasteiger partial charge in [0.1, 0.15) is 17.0 Å². The lowest BCUT2D eigenvalue weighted by atomic mass is 9.51. The molecule has 1 spiro atoms. The summed E-state index contributed by atoms with van der Waals surface area (Å²) in [5.41, 5.74) is 1.63. The Morgan fingerprint density at radius 2 is 1.89 bits per heavy atom. The van der Waals surface area contributed by atoms with E-state index < -0.39 is 5.41 Å². The molecule has 6 rings (SSSR count). The number of allylic oxidation sites excluding steroid dienone is 3. The van der Waals surface area contributed by atoms with Crippen LogP contribution in [0.1, 0.15) is 58.9 Å². The van der Waals surface area contributed by atoms with Crippen LogP contribution in [-0.2, 0) is 25.5 Å². The molecule has 8 atom stereocenters. The number of nitrogens with one attached hydrogen (secondary N) is 2. The van der Waals surface area contributed by atoms with E-state index in [0.717, 1.165) is 28.5 Å². The number of epoxide rings is 1. The lowest BCUT2D eigenvalue weighted by molar-refractivity contribution is -0.149. The molecule has 0 unspecified atom stereocenters. The summed E-state index contributed by atoms with van der Waals surface area (Å²) < 4.78 is 6.37. The van der Waals surface area contributed by atoms with Crippen molar-refractivity contribution in [1.29, 1.82) is 0 Å². The average molecular weight is 515 g/mol. The molecule has 1 aromatic heterocycles. The number of aromatic nitrogens is 1. The van der Waals surface area contributed by atoms with Crippen molar-refractivity contribution >= 4 is 28.4 Å². The monoisotopic (exact) mass is 514 g/mol. The number of rotatable bonds is 2. The van der Waals surface area contributed by atoms with E-state index in [2.05, 4.69) is 61.4 Å². The van der Waals surface area contributed by atoms with Gasteiger partial charge >= 0.3 is 0 Å². The third kappa shape index (κ3) is 3.75. The first kappa shape index (κ1) is 25.3. The SMILES string of the molecule is CC1=C[C@@H](C)CC=C[C@H]2[C@@H]3O[C@]3(C)[C@@H](C)[C@H]3[C@H](Cc4c[nH]c5ccccc45)NC(=O)[C@]32C(=O)CCC(=O)C1. The Morgan fingerprint density at radius 3 is 2.71 bits per heavy atom. The molecule has 2 N–H and O–H groups in total. The van der Waals surface area contributed by atoms with Crippen molar-refractivity contribution in [3.63, 3.8) is 0 Å². The van der Waals surface area contributed by atoms with Gasteiger partial charge in [-0.3, -0.25) is 14.4 Å². The van der Waals surface area contributed by atoms with Gasteiger partial charge in [-0.05, 0) is 50.2 Å². The molecule has 0 radical (unpaired) electrons. The Labute approximate surface area is 224 Å². The molecule has 4 aliphatic rings. The van der Waals surface area contributed by atoms with E-state index in [9.17, 15) is 14.4 Å². The highest BCUT2D eigenvalue weighted by Crippen LogP contribution is 2.66. The van der Waals surface area contributed by atoms with E-state index >= 15 is 0 Å². The third-order valence-electron chi connectivity index (χ3n) is 9.94. The fourth-order valence-corrected chi connectivity index (χ4v) is 7.97. The summed E-state index contributed by atoms with van der Waals surface area (Å²) in [6, 6.07) is 7.97. The van der Waals surface area contributed by atoms with Crippen LogP contribution in [0, 0.1) is 29.1 Å². The summed E-state index contributed by atoms with van der Waals surface area (Å²) in [5.74, 6) is -0.549. The van der Waals surface area contributed by atoms with Crippen molar-refractivity contribution in [1.82, 2.24) is 10.3 Å². The highest BCUT2D eigenvalue weighted by atomic mass is 16.6. The molecule has 2 saturated heterocycles. The highest BCUT2D eigenvalue weighted by Gasteiger charge is 2.78. The van der Waals surface area contributed by atoms with Crippen molar-refractivity contribution in [3.8, 4) is 0 Å². The average Bonchev–Trinajstić information content (AvgIpc) is 3.28. The summed E-state index contributed by atoms with van der Waals surface area (Å²) in [6.45, 7) is 8.40. The number of carbonyl (C=O) groups is 3. The van der Waals surface area contributed by atoms with Crippen LogP contribution in [-0.4, -0.2) is 40.2 Å². The first-order chi connectivity index (χ1) is 18.2. The molecule has 2 aliphatic carbocycles. The summed E-state index contributed by atoms with van der Waals surface area (Å²) in [6.07, 6.45) is 10.3. The van der Waals surface area contributed by atoms with Gasteiger partial charge in [0.2, 0.25) is 5.91 Å². The maximum Gasteiger partial charge on any atom is 0.235 e. The molecule has 2 aromatic rings. The van der Waals surface area contributed by atoms with Gasteiger partial charge in [0, 0.05) is 54.2 Å². The number of benzene rings is 1. The van der Waals surface area contributed by atoms with E-state index in [0.29, 0.717) is 12.8 Å². The lowest BCUT2D eigenvalue weighted by Crippen LogP contribution is -2.58. The van der Waals surface area contributed by atoms with Gasteiger partial charge in [-0.2, -0.15) is 0 Å². The van der Waals surface area contributed by atoms with E-state index in [1.165, 1.54) is 0 Å². The second-order valence-corrected chi connectivity index (χ2v) is 12.4. The zero-order chi connectivity index (χ0) is 26.8. The van der Waals surface area contributed by atoms with Crippen molar-refractivity contribution in [2.24, 2.45) is 29.1 Å². The van der Waals surface area contributed by atoms with Crippen molar-refractivity contribution in [2.75, 3.05) is 0 Å². The Kier molecular flexibility index (Phi) is 6.02. The maximum absolute atomic E-state index is 14.3. The minimum atomic E-state index is -1.23. The van der Waals surface area contributed by atoms with Gasteiger partial charge < -0.3 is 15.0 Å². The number of Topliss-reactive ketones (excluding diaryl/α,β-unsaturated/α-hetero) is 2. The Bertz CT molecular complexity index is 1370. The lowest BCUT2D eigenvalue weighted by Gasteiger charge is -2.46. The van der Waals surface area contributed by atoms with Gasteiger partial charge in [-0.25, -0.2) is 0 Å². The molecule has 3 fully saturated rings. The first-order valence-electron chi connectivity index (χ1n) is 14.1. The fourth-order valence-electron chi connectivity index (χ4n) is 7.97. The summed E-state index contributed by atoms with van der Waals surface area (Å²) in [4.78, 5) is 44.6. The summed E-state index contributed by atoms with van der Waals surface area (Å²) in [7, 11) is 0. The molecule has 2 aliphatic heterocycles. The van der Waals surface area contributed by atoms with Crippen LogP contribution in [0.2, 0.25) is 0 Å². The van der Waals surface area contributed by atoms with Crippen LogP contribution in [0.3, 0.4) is 0 Å². The van der Waals surface area contributed by atoms with E-state index in [1.807, 2.05) is 25.3 Å². The number of hydrogen-bond donors (Lipinski definition) is 2. The smallest absolute Gasteiger partial charge is 0.235 e. The molecular weight excluding hydrogens is 476 g/mol. The fraction of sp³-hybridized carbons (Fsp3) is 0.531. The van der Waals surface area contributed by atoms with Gasteiger partial charge in [0.25, 0.3) is 0 Å². The molecule has 3 heterocycles. The topological polar surface area (TPSA) is 91.6 Å². The van der Waals surface area contributed by atoms with E-state index in [1.54, 1.807) is 0 Å². The van der Waals surface area contributed by atoms with Crippen LogP contribution in [0.5, 0.6) is 0 Å². The predicted molar refractivity (Wildman–Crippen MR) is 146 cm³/mol. The number of fused-ring (bicyclic) bond motifs is 3. The van der Waals surface area contributed by atoms with Gasteiger partial charge in [0.05, 0.1) is 11.7 Å². The van der Waals surface area contributed by atoms with Gasteiger partial charge in [-0.1, -0.05) is 55.8 Å². The van der Waals surface area contributed by atoms with Crippen LogP contribution < -0.4 is 5.32 Å². The summed E-state index contributed by atoms with van der Waals surface area (Å²) >= 11 is 0. The van der Waals surface area contributed by atoms with Gasteiger partial charge in [-0.15, -0.1) is 0 Å². The summed E-state index contributed by atoms with van der Waals surface area (Å²) in [5, 5.41) is 4.44. The van der Waals surface area contributed by atoms with Crippen LogP contribution in [0.15, 0.2) is 54.3 Å². The first-order valence-corrected chi connectivity index (χ1v) is 14.1. The quantitative estimate of drug-likeness (QED) is 0.332. The maximum atomic E-state index is 14.3. The molecular formula is C32H38N2O4. The Balaban J connectivity index is 1.43. The molecule has 6 heteroatoms. The number of carbonyl (C=O) groups excluding carboxylic acids is 3. The predicted octanol–water partition coefficient (Wildman–Crippen LogP) is 5.09. The van der Waals surface area contributed by atoms with Crippen molar-refractivity contribution in [2.45, 2.75) is 77.5 Å². The largest absolute Gasteiger partial charge is 0.365 e. The van der Waals surface area contributed by atoms with Crippen molar-refractivity contribution < 1.29 is 19.1 Å². The molecule has 6 nitrogen and oxygen atoms in total. The van der Waals surface area contributed by atoms with Crippen molar-refractivity contribution in [3.05, 3.63) is 59.8 Å². The second-order valence-electron chi connectivity index (χ2n) is 12.4. The molecule has 1 saturated carbocycles. The zero-order valence-electron chi connectivity index (χ0n) is 22.8. The molecule has 1 aromatic carbocycles. The number of ether oxygens (including phenoxy) is 1. The van der Waals surface area contributed by atoms with E-state index in [-0.39, 0.29) is 71.7 Å². The number of aromatic amines is 1. The normalized spacial score (nSPS) is 39.3. The van der Waals surface area contributed by atoms with Crippen LogP contribution in [0.25, 0.3) is 10.9 Å². The third-order valence-corrected chi connectivity index (χ3v) is 9.94. The number of H-pyrrole nitrogens is 1. The Morgan fingerprint density at radius 1 is 1.11 bits per heavy atom. The number of hydrogen-bond acceptors (Lipinski definition) is 4.